The van der Waals surface area contributed by atoms with Crippen molar-refractivity contribution in [1.29, 1.82) is 0 Å². The maximum Gasteiger partial charge on any atom is 0.340 e. The van der Waals surface area contributed by atoms with Gasteiger partial charge in [-0.1, -0.05) is 44.2 Å². The Bertz CT molecular complexity index is 1400. The minimum atomic E-state index is -1.10. The molecular formula is C26H25NO6. The normalized spacial score (nSPS) is 12.4. The molecule has 170 valence electrons. The van der Waals surface area contributed by atoms with Crippen LogP contribution < -0.4 is 10.9 Å². The van der Waals surface area contributed by atoms with Crippen LogP contribution in [0, 0.1) is 12.8 Å². The minimum absolute atomic E-state index is 0.0926. The summed E-state index contributed by atoms with van der Waals surface area (Å²) in [4.78, 5) is 36.7. The van der Waals surface area contributed by atoms with Crippen molar-refractivity contribution in [3.8, 4) is 11.1 Å². The molecule has 0 unspecified atom stereocenters. The third-order valence-corrected chi connectivity index (χ3v) is 5.74. The molecule has 7 nitrogen and oxygen atoms in total. The van der Waals surface area contributed by atoms with E-state index < -0.39 is 23.5 Å². The van der Waals surface area contributed by atoms with Crippen LogP contribution in [-0.4, -0.2) is 23.0 Å². The number of fused-ring (bicyclic) bond motifs is 2. The quantitative estimate of drug-likeness (QED) is 0.398. The Balaban J connectivity index is 1.72. The summed E-state index contributed by atoms with van der Waals surface area (Å²) in [7, 11) is 0. The highest BCUT2D eigenvalue weighted by Gasteiger charge is 2.23. The molecule has 7 heteroatoms. The Morgan fingerprint density at radius 2 is 1.79 bits per heavy atom. The molecule has 1 atom stereocenters. The lowest BCUT2D eigenvalue weighted by Crippen LogP contribution is -2.42. The number of hydrogen-bond donors (Lipinski definition) is 2. The van der Waals surface area contributed by atoms with Gasteiger partial charge in [0.05, 0.1) is 18.2 Å². The predicted molar refractivity (Wildman–Crippen MR) is 125 cm³/mol. The summed E-state index contributed by atoms with van der Waals surface area (Å²) in [5, 5.41) is 13.5. The highest BCUT2D eigenvalue weighted by Crippen LogP contribution is 2.34. The summed E-state index contributed by atoms with van der Waals surface area (Å²) in [5.74, 6) is -1.54. The van der Waals surface area contributed by atoms with Crippen molar-refractivity contribution in [1.82, 2.24) is 5.32 Å². The summed E-state index contributed by atoms with van der Waals surface area (Å²) in [5.41, 5.74) is 3.07. The molecule has 0 spiro atoms. The lowest BCUT2D eigenvalue weighted by atomic mass is 9.99. The molecule has 0 saturated heterocycles. The van der Waals surface area contributed by atoms with Crippen LogP contribution in [0.1, 0.15) is 31.4 Å². The van der Waals surface area contributed by atoms with Crippen molar-refractivity contribution in [3.63, 3.8) is 0 Å². The number of hydrogen-bond acceptors (Lipinski definition) is 5. The highest BCUT2D eigenvalue weighted by atomic mass is 16.4. The van der Waals surface area contributed by atoms with Crippen molar-refractivity contribution in [2.24, 2.45) is 5.92 Å². The summed E-state index contributed by atoms with van der Waals surface area (Å²) in [6.45, 7) is 5.52. The Kier molecular flexibility index (Phi) is 6.05. The van der Waals surface area contributed by atoms with Gasteiger partial charge in [-0.2, -0.15) is 0 Å². The molecule has 2 aromatic heterocycles. The standard InChI is InChI=1S/C26H25NO6/c1-14(2)9-21(25(29)30)27-24(28)11-18-15(3)17-10-19-20(16-7-5-4-6-8-16)13-32-22(19)12-23(17)33-26(18)31/h4-8,10,12-14,21H,9,11H2,1-3H3,(H,27,28)(H,29,30)/t21-/m0/s1. The van der Waals surface area contributed by atoms with Gasteiger partial charge in [-0.15, -0.1) is 0 Å². The third kappa shape index (κ3) is 4.53. The highest BCUT2D eigenvalue weighted by molar-refractivity contribution is 6.02. The fraction of sp³-hybridized carbons (Fsp3) is 0.269. The lowest BCUT2D eigenvalue weighted by molar-refractivity contribution is -0.142. The fourth-order valence-corrected chi connectivity index (χ4v) is 4.05. The van der Waals surface area contributed by atoms with Crippen molar-refractivity contribution < 1.29 is 23.5 Å². The van der Waals surface area contributed by atoms with Gasteiger partial charge in [0, 0.05) is 22.4 Å². The number of amides is 1. The molecule has 4 rings (SSSR count). The topological polar surface area (TPSA) is 110 Å². The van der Waals surface area contributed by atoms with E-state index in [4.69, 9.17) is 8.83 Å². The van der Waals surface area contributed by atoms with Gasteiger partial charge in [-0.05, 0) is 36.5 Å². The van der Waals surface area contributed by atoms with Gasteiger partial charge in [0.15, 0.2) is 0 Å². The summed E-state index contributed by atoms with van der Waals surface area (Å²) >= 11 is 0. The first kappa shape index (κ1) is 22.3. The minimum Gasteiger partial charge on any atom is -0.480 e. The molecule has 0 fully saturated rings. The number of carbonyl (C=O) groups is 2. The Labute approximate surface area is 190 Å². The zero-order valence-corrected chi connectivity index (χ0v) is 18.7. The molecule has 0 aliphatic rings. The first-order chi connectivity index (χ1) is 15.7. The van der Waals surface area contributed by atoms with E-state index in [-0.39, 0.29) is 17.9 Å². The lowest BCUT2D eigenvalue weighted by Gasteiger charge is -2.16. The number of carbonyl (C=O) groups excluding carboxylic acids is 1. The van der Waals surface area contributed by atoms with Gasteiger partial charge in [0.25, 0.3) is 0 Å². The Hall–Kier alpha value is -3.87. The fourth-order valence-electron chi connectivity index (χ4n) is 4.05. The largest absolute Gasteiger partial charge is 0.480 e. The van der Waals surface area contributed by atoms with Gasteiger partial charge in [-0.25, -0.2) is 9.59 Å². The van der Waals surface area contributed by atoms with E-state index in [0.717, 1.165) is 16.5 Å². The first-order valence-corrected chi connectivity index (χ1v) is 10.8. The van der Waals surface area contributed by atoms with Crippen LogP contribution in [0.5, 0.6) is 0 Å². The zero-order valence-electron chi connectivity index (χ0n) is 18.7. The Morgan fingerprint density at radius 3 is 2.45 bits per heavy atom. The van der Waals surface area contributed by atoms with Crippen molar-refractivity contribution in [3.05, 3.63) is 70.3 Å². The molecule has 33 heavy (non-hydrogen) atoms. The summed E-state index contributed by atoms with van der Waals surface area (Å²) in [6.07, 6.45) is 1.70. The van der Waals surface area contributed by atoms with Crippen LogP contribution in [0.3, 0.4) is 0 Å². The van der Waals surface area contributed by atoms with Crippen LogP contribution in [0.25, 0.3) is 33.1 Å². The predicted octanol–water partition coefficient (Wildman–Crippen LogP) is 4.67. The smallest absolute Gasteiger partial charge is 0.340 e. The van der Waals surface area contributed by atoms with Gasteiger partial charge in [0.2, 0.25) is 5.91 Å². The number of aliphatic carboxylic acids is 1. The van der Waals surface area contributed by atoms with E-state index in [1.807, 2.05) is 50.2 Å². The molecule has 0 aliphatic carbocycles. The zero-order chi connectivity index (χ0) is 23.7. The average Bonchev–Trinajstić information content (AvgIpc) is 3.18. The van der Waals surface area contributed by atoms with E-state index in [2.05, 4.69) is 5.32 Å². The molecule has 0 bridgehead atoms. The van der Waals surface area contributed by atoms with Gasteiger partial charge in [0.1, 0.15) is 17.2 Å². The van der Waals surface area contributed by atoms with Gasteiger partial charge < -0.3 is 19.3 Å². The van der Waals surface area contributed by atoms with Crippen molar-refractivity contribution in [2.45, 2.75) is 39.7 Å². The van der Waals surface area contributed by atoms with Crippen LogP contribution in [0.15, 0.2) is 62.4 Å². The van der Waals surface area contributed by atoms with E-state index in [1.165, 1.54) is 0 Å². The molecule has 0 radical (unpaired) electrons. The number of aryl methyl sites for hydroxylation is 1. The number of rotatable bonds is 7. The van der Waals surface area contributed by atoms with E-state index in [9.17, 15) is 19.5 Å². The number of nitrogens with one attached hydrogen (secondary N) is 1. The molecule has 2 heterocycles. The molecule has 2 aromatic carbocycles. The molecule has 0 aliphatic heterocycles. The molecule has 4 aromatic rings. The number of carboxylic acids is 1. The molecule has 2 N–H and O–H groups in total. The average molecular weight is 447 g/mol. The SMILES string of the molecule is Cc1c(CC(=O)N[C@@H](CC(C)C)C(=O)O)c(=O)oc2cc3occ(-c4ccccc4)c3cc12. The molecular weight excluding hydrogens is 422 g/mol. The third-order valence-electron chi connectivity index (χ3n) is 5.74. The second-order valence-electron chi connectivity index (χ2n) is 8.62. The van der Waals surface area contributed by atoms with Crippen LogP contribution in [0.4, 0.5) is 0 Å². The van der Waals surface area contributed by atoms with Gasteiger partial charge >= 0.3 is 11.6 Å². The van der Waals surface area contributed by atoms with Crippen molar-refractivity contribution >= 4 is 33.8 Å². The maximum atomic E-state index is 12.7. The molecule has 0 saturated carbocycles. The number of benzene rings is 2. The van der Waals surface area contributed by atoms with E-state index >= 15 is 0 Å². The number of carboxylic acid groups (broad SMARTS) is 1. The second-order valence-corrected chi connectivity index (χ2v) is 8.62. The van der Waals surface area contributed by atoms with E-state index in [0.29, 0.717) is 28.5 Å². The van der Waals surface area contributed by atoms with Crippen molar-refractivity contribution in [2.75, 3.05) is 0 Å². The summed E-state index contributed by atoms with van der Waals surface area (Å²) < 4.78 is 11.2. The monoisotopic (exact) mass is 447 g/mol. The van der Waals surface area contributed by atoms with Gasteiger partial charge in [-0.3, -0.25) is 4.79 Å². The second kappa shape index (κ2) is 8.94. The maximum absolute atomic E-state index is 12.7. The number of furan rings is 1. The van der Waals surface area contributed by atoms with Crippen LogP contribution in [0.2, 0.25) is 0 Å². The van der Waals surface area contributed by atoms with Crippen LogP contribution in [-0.2, 0) is 16.0 Å². The first-order valence-electron chi connectivity index (χ1n) is 10.8. The molecule has 1 amide bonds. The summed E-state index contributed by atoms with van der Waals surface area (Å²) in [6, 6.07) is 12.4. The Morgan fingerprint density at radius 1 is 1.06 bits per heavy atom. The van der Waals surface area contributed by atoms with E-state index in [1.54, 1.807) is 19.3 Å². The van der Waals surface area contributed by atoms with Crippen LogP contribution >= 0.6 is 0 Å².